The molecular weight excluding hydrogens is 345 g/mol. The molecule has 1 aromatic carbocycles. The van der Waals surface area contributed by atoms with Gasteiger partial charge >= 0.3 is 5.97 Å². The molecule has 0 bridgehead atoms. The zero-order chi connectivity index (χ0) is 13.7. The summed E-state index contributed by atoms with van der Waals surface area (Å²) in [7, 11) is 0. The Morgan fingerprint density at radius 1 is 1.44 bits per heavy atom. The van der Waals surface area contributed by atoms with Gasteiger partial charge in [-0.1, -0.05) is 25.5 Å². The second-order valence-corrected chi connectivity index (χ2v) is 5.17. The van der Waals surface area contributed by atoms with Gasteiger partial charge < -0.3 is 10.4 Å². The van der Waals surface area contributed by atoms with Gasteiger partial charge in [-0.25, -0.2) is 4.79 Å². The highest BCUT2D eigenvalue weighted by molar-refractivity contribution is 14.1. The van der Waals surface area contributed by atoms with Crippen molar-refractivity contribution in [2.75, 3.05) is 0 Å². The van der Waals surface area contributed by atoms with Crippen molar-refractivity contribution in [3.8, 4) is 0 Å². The number of hydrogen-bond donors (Lipinski definition) is 2. The highest BCUT2D eigenvalue weighted by atomic mass is 127. The van der Waals surface area contributed by atoms with Crippen molar-refractivity contribution in [1.82, 2.24) is 5.32 Å². The van der Waals surface area contributed by atoms with Crippen LogP contribution in [-0.2, 0) is 4.79 Å². The number of halogens is 1. The third-order valence-corrected chi connectivity index (χ3v) is 4.05. The van der Waals surface area contributed by atoms with Gasteiger partial charge in [-0.3, -0.25) is 4.79 Å². The molecule has 1 atom stereocenters. The molecule has 0 aliphatic heterocycles. The fourth-order valence-corrected chi connectivity index (χ4v) is 2.21. The average Bonchev–Trinajstić information content (AvgIpc) is 2.31. The van der Waals surface area contributed by atoms with Crippen LogP contribution in [-0.4, -0.2) is 23.0 Å². The quantitative estimate of drug-likeness (QED) is 0.793. The van der Waals surface area contributed by atoms with Gasteiger partial charge in [-0.15, -0.1) is 0 Å². The first-order valence-electron chi connectivity index (χ1n) is 5.76. The Hall–Kier alpha value is -1.11. The number of nitrogens with one attached hydrogen (secondary N) is 1. The molecule has 1 rings (SSSR count). The Morgan fingerprint density at radius 2 is 2.11 bits per heavy atom. The minimum atomic E-state index is -0.993. The number of carbonyl (C=O) groups is 2. The molecule has 0 aliphatic rings. The normalized spacial score (nSPS) is 11.9. The Bertz CT molecular complexity index is 460. The largest absolute Gasteiger partial charge is 0.480 e. The molecule has 1 aromatic rings. The summed E-state index contributed by atoms with van der Waals surface area (Å²) in [6.07, 6.45) is 1.14. The van der Waals surface area contributed by atoms with Crippen molar-refractivity contribution in [2.24, 2.45) is 0 Å². The Balaban J connectivity index is 2.87. The molecule has 1 amide bonds. The number of carboxylic acids is 1. The van der Waals surface area contributed by atoms with Gasteiger partial charge in [-0.05, 0) is 47.6 Å². The van der Waals surface area contributed by atoms with Crippen molar-refractivity contribution in [3.05, 3.63) is 32.9 Å². The lowest BCUT2D eigenvalue weighted by molar-refractivity contribution is -0.139. The van der Waals surface area contributed by atoms with Crippen LogP contribution in [0.4, 0.5) is 0 Å². The summed E-state index contributed by atoms with van der Waals surface area (Å²) in [4.78, 5) is 23.0. The zero-order valence-electron chi connectivity index (χ0n) is 10.4. The first-order chi connectivity index (χ1) is 8.47. The van der Waals surface area contributed by atoms with E-state index in [2.05, 4.69) is 27.9 Å². The molecule has 0 spiro atoms. The fraction of sp³-hybridized carbons (Fsp3) is 0.385. The van der Waals surface area contributed by atoms with Crippen molar-refractivity contribution in [1.29, 1.82) is 0 Å². The third kappa shape index (κ3) is 3.69. The first kappa shape index (κ1) is 14.9. The number of hydrogen-bond acceptors (Lipinski definition) is 2. The highest BCUT2D eigenvalue weighted by Gasteiger charge is 2.20. The Kier molecular flexibility index (Phi) is 5.58. The van der Waals surface area contributed by atoms with Crippen LogP contribution in [0.5, 0.6) is 0 Å². The van der Waals surface area contributed by atoms with E-state index < -0.39 is 12.0 Å². The van der Waals surface area contributed by atoms with Gasteiger partial charge in [-0.2, -0.15) is 0 Å². The highest BCUT2D eigenvalue weighted by Crippen LogP contribution is 2.16. The van der Waals surface area contributed by atoms with Crippen molar-refractivity contribution >= 4 is 34.5 Å². The standard InChI is InChI=1S/C13H16INO3/c1-3-5-10(13(17)18)15-12(16)9-7-4-6-8(2)11(9)14/h4,6-7,10H,3,5H2,1-2H3,(H,15,16)(H,17,18). The van der Waals surface area contributed by atoms with Crippen LogP contribution in [0.3, 0.4) is 0 Å². The summed E-state index contributed by atoms with van der Waals surface area (Å²) < 4.78 is 0.855. The van der Waals surface area contributed by atoms with Gasteiger partial charge in [0.2, 0.25) is 0 Å². The summed E-state index contributed by atoms with van der Waals surface area (Å²) in [6.45, 7) is 3.80. The van der Waals surface area contributed by atoms with Crippen molar-refractivity contribution < 1.29 is 14.7 Å². The molecule has 0 saturated heterocycles. The number of carbonyl (C=O) groups excluding carboxylic acids is 1. The maximum Gasteiger partial charge on any atom is 0.326 e. The van der Waals surface area contributed by atoms with E-state index in [1.165, 1.54) is 0 Å². The van der Waals surface area contributed by atoms with E-state index in [1.54, 1.807) is 12.1 Å². The van der Waals surface area contributed by atoms with E-state index in [9.17, 15) is 9.59 Å². The summed E-state index contributed by atoms with van der Waals surface area (Å²) in [5.74, 6) is -1.32. The summed E-state index contributed by atoms with van der Waals surface area (Å²) >= 11 is 2.10. The average molecular weight is 361 g/mol. The van der Waals surface area contributed by atoms with Crippen molar-refractivity contribution in [2.45, 2.75) is 32.7 Å². The SMILES string of the molecule is CCCC(NC(=O)c1cccc(C)c1I)C(=O)O. The van der Waals surface area contributed by atoms with E-state index >= 15 is 0 Å². The predicted molar refractivity (Wildman–Crippen MR) is 77.7 cm³/mol. The Labute approximate surface area is 120 Å². The van der Waals surface area contributed by atoms with Crippen LogP contribution in [0.25, 0.3) is 0 Å². The van der Waals surface area contributed by atoms with E-state index in [1.807, 2.05) is 19.9 Å². The van der Waals surface area contributed by atoms with Crippen molar-refractivity contribution in [3.63, 3.8) is 0 Å². The van der Waals surface area contributed by atoms with E-state index in [4.69, 9.17) is 5.11 Å². The molecular formula is C13H16INO3. The number of benzene rings is 1. The van der Waals surface area contributed by atoms with E-state index in [0.29, 0.717) is 18.4 Å². The zero-order valence-corrected chi connectivity index (χ0v) is 12.5. The van der Waals surface area contributed by atoms with Gasteiger partial charge in [0.05, 0.1) is 5.56 Å². The molecule has 4 nitrogen and oxygen atoms in total. The van der Waals surface area contributed by atoms with Crippen LogP contribution in [0.15, 0.2) is 18.2 Å². The number of carboxylic acid groups (broad SMARTS) is 1. The maximum atomic E-state index is 12.0. The fourth-order valence-electron chi connectivity index (χ4n) is 1.60. The van der Waals surface area contributed by atoms with Gasteiger partial charge in [0.1, 0.15) is 6.04 Å². The summed E-state index contributed by atoms with van der Waals surface area (Å²) in [6, 6.07) is 4.59. The molecule has 18 heavy (non-hydrogen) atoms. The molecule has 5 heteroatoms. The summed E-state index contributed by atoms with van der Waals surface area (Å²) in [5.41, 5.74) is 1.53. The molecule has 1 unspecified atom stereocenters. The molecule has 98 valence electrons. The Morgan fingerprint density at radius 3 is 2.67 bits per heavy atom. The maximum absolute atomic E-state index is 12.0. The van der Waals surface area contributed by atoms with Crippen LogP contribution >= 0.6 is 22.6 Å². The molecule has 0 aromatic heterocycles. The van der Waals surface area contributed by atoms with Crippen LogP contribution in [0, 0.1) is 10.5 Å². The lowest BCUT2D eigenvalue weighted by Crippen LogP contribution is -2.40. The third-order valence-electron chi connectivity index (χ3n) is 2.62. The second kappa shape index (κ2) is 6.72. The number of rotatable bonds is 5. The topological polar surface area (TPSA) is 66.4 Å². The number of aliphatic carboxylic acids is 1. The lowest BCUT2D eigenvalue weighted by atomic mass is 10.1. The van der Waals surface area contributed by atoms with Gasteiger partial charge in [0.15, 0.2) is 0 Å². The van der Waals surface area contributed by atoms with Crippen LogP contribution < -0.4 is 5.32 Å². The lowest BCUT2D eigenvalue weighted by Gasteiger charge is -2.14. The predicted octanol–water partition coefficient (Wildman–Crippen LogP) is 2.58. The second-order valence-electron chi connectivity index (χ2n) is 4.09. The number of amides is 1. The molecule has 0 aliphatic carbocycles. The molecule has 0 fully saturated rings. The monoisotopic (exact) mass is 361 g/mol. The van der Waals surface area contributed by atoms with E-state index in [0.717, 1.165) is 9.13 Å². The first-order valence-corrected chi connectivity index (χ1v) is 6.84. The number of aryl methyl sites for hydroxylation is 1. The van der Waals surface area contributed by atoms with Gasteiger partial charge in [0, 0.05) is 3.57 Å². The van der Waals surface area contributed by atoms with Gasteiger partial charge in [0.25, 0.3) is 5.91 Å². The van der Waals surface area contributed by atoms with E-state index in [-0.39, 0.29) is 5.91 Å². The molecule has 0 heterocycles. The minimum Gasteiger partial charge on any atom is -0.480 e. The molecule has 2 N–H and O–H groups in total. The molecule has 0 radical (unpaired) electrons. The minimum absolute atomic E-state index is 0.330. The summed E-state index contributed by atoms with van der Waals surface area (Å²) in [5, 5.41) is 11.6. The smallest absolute Gasteiger partial charge is 0.326 e. The van der Waals surface area contributed by atoms with Crippen LogP contribution in [0.2, 0.25) is 0 Å². The van der Waals surface area contributed by atoms with Crippen LogP contribution in [0.1, 0.15) is 35.7 Å². The molecule has 0 saturated carbocycles.